The quantitative estimate of drug-likeness (QED) is 0.648. The number of carbonyl (C=O) groups excluding carboxylic acids is 2. The Morgan fingerprint density at radius 1 is 1.90 bits per heavy atom. The number of Topliss-reactive ketones (excluding diaryl/α,β-unsaturated/α-hetero) is 1. The first kappa shape index (κ1) is 7.60. The normalized spacial score (nSPS) is 24.5. The molecule has 0 aliphatic carbocycles. The van der Waals surface area contributed by atoms with Crippen LogP contribution >= 0.6 is 11.8 Å². The Labute approximate surface area is 63.6 Å². The van der Waals surface area contributed by atoms with Crippen molar-refractivity contribution >= 4 is 22.8 Å². The summed E-state index contributed by atoms with van der Waals surface area (Å²) in [5.41, 5.74) is 0. The maximum Gasteiger partial charge on any atom is 0.279 e. The highest BCUT2D eigenvalue weighted by Gasteiger charge is 2.26. The van der Waals surface area contributed by atoms with E-state index < -0.39 is 0 Å². The van der Waals surface area contributed by atoms with Crippen LogP contribution in [0, 0.1) is 0 Å². The average molecular weight is 159 g/mol. The van der Waals surface area contributed by atoms with Gasteiger partial charge in [-0.2, -0.15) is 0 Å². The molecule has 1 fully saturated rings. The molecule has 0 saturated carbocycles. The van der Waals surface area contributed by atoms with Crippen molar-refractivity contribution in [1.29, 1.82) is 0 Å². The molecule has 1 rings (SSSR count). The first-order valence-electron chi connectivity index (χ1n) is 3.20. The molecule has 56 valence electrons. The monoisotopic (exact) mass is 159 g/mol. The Morgan fingerprint density at radius 2 is 2.60 bits per heavy atom. The molecular formula is C6H9NO2S. The topological polar surface area (TPSA) is 46.2 Å². The van der Waals surface area contributed by atoms with E-state index >= 15 is 0 Å². The van der Waals surface area contributed by atoms with Gasteiger partial charge in [-0.05, 0) is 0 Å². The van der Waals surface area contributed by atoms with E-state index in [1.807, 2.05) is 0 Å². The lowest BCUT2D eigenvalue weighted by Crippen LogP contribution is -2.33. The minimum Gasteiger partial charge on any atom is -0.336 e. The van der Waals surface area contributed by atoms with Crippen LogP contribution in [0.3, 0.4) is 0 Å². The number of nitrogens with one attached hydrogen (secondary N) is 1. The summed E-state index contributed by atoms with van der Waals surface area (Å²) in [6, 6.07) is -0.220. The van der Waals surface area contributed by atoms with Gasteiger partial charge in [-0.3, -0.25) is 9.59 Å². The maximum absolute atomic E-state index is 10.9. The highest BCUT2D eigenvalue weighted by Crippen LogP contribution is 2.13. The van der Waals surface area contributed by atoms with E-state index in [0.29, 0.717) is 12.2 Å². The van der Waals surface area contributed by atoms with Crippen LogP contribution < -0.4 is 5.32 Å². The number of rotatable bonds is 2. The van der Waals surface area contributed by atoms with Crippen LogP contribution in [0.4, 0.5) is 4.79 Å². The molecule has 1 atom stereocenters. The van der Waals surface area contributed by atoms with E-state index in [4.69, 9.17) is 0 Å². The van der Waals surface area contributed by atoms with Crippen molar-refractivity contribution in [3.05, 3.63) is 0 Å². The molecule has 0 spiro atoms. The fourth-order valence-corrected chi connectivity index (χ4v) is 1.62. The number of hydrogen-bond acceptors (Lipinski definition) is 3. The SMILES string of the molecule is CCC(=O)C1CSC(=O)N1. The van der Waals surface area contributed by atoms with Crippen molar-refractivity contribution in [1.82, 2.24) is 5.32 Å². The molecule has 1 heterocycles. The number of carbonyl (C=O) groups is 2. The largest absolute Gasteiger partial charge is 0.336 e. The molecule has 1 saturated heterocycles. The molecule has 0 aromatic heterocycles. The molecule has 3 nitrogen and oxygen atoms in total. The van der Waals surface area contributed by atoms with Crippen molar-refractivity contribution in [2.45, 2.75) is 19.4 Å². The predicted octanol–water partition coefficient (Wildman–Crippen LogP) is 0.790. The van der Waals surface area contributed by atoms with Gasteiger partial charge in [-0.1, -0.05) is 18.7 Å². The molecule has 1 aliphatic rings. The second-order valence-corrected chi connectivity index (χ2v) is 3.11. The second-order valence-electron chi connectivity index (χ2n) is 2.12. The van der Waals surface area contributed by atoms with Crippen LogP contribution in [-0.4, -0.2) is 22.8 Å². The highest BCUT2D eigenvalue weighted by molar-refractivity contribution is 8.14. The summed E-state index contributed by atoms with van der Waals surface area (Å²) in [4.78, 5) is 21.5. The number of hydrogen-bond donors (Lipinski definition) is 1. The number of thioether (sulfide) groups is 1. The minimum absolute atomic E-state index is 0.0770. The zero-order valence-corrected chi connectivity index (χ0v) is 6.53. The first-order chi connectivity index (χ1) is 4.74. The zero-order valence-electron chi connectivity index (χ0n) is 5.72. The molecule has 4 heteroatoms. The fraction of sp³-hybridized carbons (Fsp3) is 0.667. The molecular weight excluding hydrogens is 150 g/mol. The van der Waals surface area contributed by atoms with E-state index in [-0.39, 0.29) is 17.1 Å². The Morgan fingerprint density at radius 3 is 3.00 bits per heavy atom. The van der Waals surface area contributed by atoms with Gasteiger partial charge in [0.15, 0.2) is 5.78 Å². The Kier molecular flexibility index (Phi) is 2.32. The lowest BCUT2D eigenvalue weighted by molar-refractivity contribution is -0.119. The highest BCUT2D eigenvalue weighted by atomic mass is 32.2. The minimum atomic E-state index is -0.220. The maximum atomic E-state index is 10.9. The van der Waals surface area contributed by atoms with E-state index in [9.17, 15) is 9.59 Å². The molecule has 10 heavy (non-hydrogen) atoms. The van der Waals surface area contributed by atoms with Crippen LogP contribution in [0.2, 0.25) is 0 Å². The van der Waals surface area contributed by atoms with Gasteiger partial charge in [0.05, 0.1) is 6.04 Å². The molecule has 0 bridgehead atoms. The van der Waals surface area contributed by atoms with Gasteiger partial charge < -0.3 is 5.32 Å². The Hall–Kier alpha value is -0.510. The van der Waals surface area contributed by atoms with Crippen LogP contribution in [0.1, 0.15) is 13.3 Å². The molecule has 1 unspecified atom stereocenters. The molecule has 1 aliphatic heterocycles. The van der Waals surface area contributed by atoms with Crippen molar-refractivity contribution in [3.63, 3.8) is 0 Å². The van der Waals surface area contributed by atoms with Gasteiger partial charge in [-0.25, -0.2) is 0 Å². The molecule has 1 N–H and O–H groups in total. The molecule has 1 amide bonds. The standard InChI is InChI=1S/C6H9NO2S/c1-2-5(8)4-3-10-6(9)7-4/h4H,2-3H2,1H3,(H,7,9). The van der Waals surface area contributed by atoms with Gasteiger partial charge in [0, 0.05) is 12.2 Å². The van der Waals surface area contributed by atoms with Crippen molar-refractivity contribution < 1.29 is 9.59 Å². The van der Waals surface area contributed by atoms with Crippen LogP contribution in [0.15, 0.2) is 0 Å². The summed E-state index contributed by atoms with van der Waals surface area (Å²) in [5, 5.41) is 2.50. The zero-order chi connectivity index (χ0) is 7.56. The second kappa shape index (κ2) is 3.05. The van der Waals surface area contributed by atoms with E-state index in [0.717, 1.165) is 0 Å². The molecule has 0 radical (unpaired) electrons. The number of amides is 1. The third-order valence-corrected chi connectivity index (χ3v) is 2.29. The van der Waals surface area contributed by atoms with Crippen molar-refractivity contribution in [2.24, 2.45) is 0 Å². The summed E-state index contributed by atoms with van der Waals surface area (Å²) in [6.45, 7) is 1.80. The average Bonchev–Trinajstić information content (AvgIpc) is 2.34. The van der Waals surface area contributed by atoms with Gasteiger partial charge in [-0.15, -0.1) is 0 Å². The number of ketones is 1. The third kappa shape index (κ3) is 1.50. The van der Waals surface area contributed by atoms with Gasteiger partial charge >= 0.3 is 0 Å². The van der Waals surface area contributed by atoms with E-state index in [1.165, 1.54) is 11.8 Å². The molecule has 0 aromatic carbocycles. The summed E-state index contributed by atoms with van der Waals surface area (Å²) in [5.74, 6) is 0.726. The van der Waals surface area contributed by atoms with Crippen molar-refractivity contribution in [3.8, 4) is 0 Å². The Balaban J connectivity index is 2.44. The Bertz CT molecular complexity index is 169. The summed E-state index contributed by atoms with van der Waals surface area (Å²) >= 11 is 1.18. The summed E-state index contributed by atoms with van der Waals surface area (Å²) in [6.07, 6.45) is 0.505. The van der Waals surface area contributed by atoms with E-state index in [1.54, 1.807) is 6.92 Å². The summed E-state index contributed by atoms with van der Waals surface area (Å²) in [7, 11) is 0. The predicted molar refractivity (Wildman–Crippen MR) is 40.1 cm³/mol. The fourth-order valence-electron chi connectivity index (χ4n) is 0.804. The smallest absolute Gasteiger partial charge is 0.279 e. The van der Waals surface area contributed by atoms with Crippen LogP contribution in [0.25, 0.3) is 0 Å². The lowest BCUT2D eigenvalue weighted by Gasteiger charge is -2.03. The molecule has 0 aromatic rings. The third-order valence-electron chi connectivity index (χ3n) is 1.41. The lowest BCUT2D eigenvalue weighted by atomic mass is 10.2. The van der Waals surface area contributed by atoms with Gasteiger partial charge in [0.25, 0.3) is 5.24 Å². The van der Waals surface area contributed by atoms with Crippen molar-refractivity contribution in [2.75, 3.05) is 5.75 Å². The van der Waals surface area contributed by atoms with Gasteiger partial charge in [0.2, 0.25) is 0 Å². The van der Waals surface area contributed by atoms with Crippen LogP contribution in [0.5, 0.6) is 0 Å². The van der Waals surface area contributed by atoms with E-state index in [2.05, 4.69) is 5.32 Å². The first-order valence-corrected chi connectivity index (χ1v) is 4.18. The van der Waals surface area contributed by atoms with Crippen LogP contribution in [-0.2, 0) is 4.79 Å². The summed E-state index contributed by atoms with van der Waals surface area (Å²) < 4.78 is 0. The van der Waals surface area contributed by atoms with Gasteiger partial charge in [0.1, 0.15) is 0 Å².